The topological polar surface area (TPSA) is 54.5 Å². The van der Waals surface area contributed by atoms with Crippen LogP contribution in [0.4, 0.5) is 4.39 Å². The number of hydrogen-bond donors (Lipinski definition) is 0. The molecule has 0 heterocycles. The third-order valence-corrected chi connectivity index (χ3v) is 4.82. The molecular weight excluding hydrogens is 293 g/mol. The van der Waals surface area contributed by atoms with E-state index >= 15 is 0 Å². The van der Waals surface area contributed by atoms with Crippen molar-refractivity contribution in [1.29, 1.82) is 0 Å². The summed E-state index contributed by atoms with van der Waals surface area (Å²) in [6.07, 6.45) is 0. The summed E-state index contributed by atoms with van der Waals surface area (Å²) in [6, 6.07) is 11.4. The standard InChI is InChI=1S/C15H14FNO3S/c1-11-7-9-12(10-8-11)21(19,20)17(2)15(18)13-5-3-4-6-14(13)16/h3-10H,1-2H3. The molecule has 110 valence electrons. The lowest BCUT2D eigenvalue weighted by molar-refractivity contribution is 0.0878. The van der Waals surface area contributed by atoms with E-state index in [1.54, 1.807) is 12.1 Å². The quantitative estimate of drug-likeness (QED) is 0.876. The zero-order chi connectivity index (χ0) is 15.6. The van der Waals surface area contributed by atoms with Crippen molar-refractivity contribution in [3.63, 3.8) is 0 Å². The van der Waals surface area contributed by atoms with Crippen molar-refractivity contribution < 1.29 is 17.6 Å². The van der Waals surface area contributed by atoms with E-state index in [0.717, 1.165) is 18.7 Å². The second-order valence-electron chi connectivity index (χ2n) is 4.57. The van der Waals surface area contributed by atoms with Crippen LogP contribution in [0, 0.1) is 12.7 Å². The van der Waals surface area contributed by atoms with Crippen molar-refractivity contribution in [2.45, 2.75) is 11.8 Å². The van der Waals surface area contributed by atoms with Crippen LogP contribution in [0.15, 0.2) is 53.4 Å². The number of carbonyl (C=O) groups excluding carboxylic acids is 1. The number of aryl methyl sites for hydroxylation is 1. The van der Waals surface area contributed by atoms with Crippen molar-refractivity contribution in [3.8, 4) is 0 Å². The van der Waals surface area contributed by atoms with Crippen LogP contribution in [0.3, 0.4) is 0 Å². The minimum absolute atomic E-state index is 0.0136. The van der Waals surface area contributed by atoms with E-state index < -0.39 is 21.7 Å². The van der Waals surface area contributed by atoms with Gasteiger partial charge in [-0.2, -0.15) is 0 Å². The molecule has 0 aliphatic heterocycles. The van der Waals surface area contributed by atoms with E-state index in [9.17, 15) is 17.6 Å². The first kappa shape index (κ1) is 15.2. The van der Waals surface area contributed by atoms with Gasteiger partial charge < -0.3 is 0 Å². The molecule has 1 amide bonds. The summed E-state index contributed by atoms with van der Waals surface area (Å²) in [6.45, 7) is 1.82. The molecule has 0 aliphatic carbocycles. The molecule has 0 N–H and O–H groups in total. The Hall–Kier alpha value is -2.21. The van der Waals surface area contributed by atoms with Crippen LogP contribution in [0.25, 0.3) is 0 Å². The predicted molar refractivity (Wildman–Crippen MR) is 76.9 cm³/mol. The zero-order valence-electron chi connectivity index (χ0n) is 11.6. The lowest BCUT2D eigenvalue weighted by Crippen LogP contribution is -2.33. The van der Waals surface area contributed by atoms with Gasteiger partial charge in [-0.3, -0.25) is 4.79 Å². The fourth-order valence-electron chi connectivity index (χ4n) is 1.78. The van der Waals surface area contributed by atoms with Crippen molar-refractivity contribution in [2.75, 3.05) is 7.05 Å². The van der Waals surface area contributed by atoms with Gasteiger partial charge in [-0.15, -0.1) is 0 Å². The number of halogens is 1. The number of carbonyl (C=O) groups is 1. The van der Waals surface area contributed by atoms with E-state index in [0.29, 0.717) is 4.31 Å². The van der Waals surface area contributed by atoms with Crippen LogP contribution in [0.1, 0.15) is 15.9 Å². The smallest absolute Gasteiger partial charge is 0.268 e. The lowest BCUT2D eigenvalue weighted by atomic mass is 10.2. The van der Waals surface area contributed by atoms with Gasteiger partial charge in [0, 0.05) is 7.05 Å². The molecule has 6 heteroatoms. The summed E-state index contributed by atoms with van der Waals surface area (Å²) in [5.41, 5.74) is 0.618. The molecule has 2 aromatic carbocycles. The number of sulfonamides is 1. The molecule has 0 unspecified atom stereocenters. The molecule has 2 rings (SSSR count). The summed E-state index contributed by atoms with van der Waals surface area (Å²) in [5, 5.41) is 0. The fourth-order valence-corrected chi connectivity index (χ4v) is 2.89. The predicted octanol–water partition coefficient (Wildman–Crippen LogP) is 2.60. The van der Waals surface area contributed by atoms with Crippen LogP contribution in [-0.4, -0.2) is 25.7 Å². The average Bonchev–Trinajstić information content (AvgIpc) is 2.46. The third-order valence-electron chi connectivity index (χ3n) is 3.07. The van der Waals surface area contributed by atoms with E-state index in [1.165, 1.54) is 30.3 Å². The van der Waals surface area contributed by atoms with E-state index in [-0.39, 0.29) is 10.5 Å². The van der Waals surface area contributed by atoms with Gasteiger partial charge in [0.05, 0.1) is 10.5 Å². The van der Waals surface area contributed by atoms with Crippen molar-refractivity contribution in [1.82, 2.24) is 4.31 Å². The summed E-state index contributed by atoms with van der Waals surface area (Å²) < 4.78 is 38.9. The van der Waals surface area contributed by atoms with Gasteiger partial charge in [0.15, 0.2) is 0 Å². The Kier molecular flexibility index (Phi) is 4.09. The monoisotopic (exact) mass is 307 g/mol. The highest BCUT2D eigenvalue weighted by atomic mass is 32.2. The molecule has 0 fully saturated rings. The second-order valence-corrected chi connectivity index (χ2v) is 6.54. The summed E-state index contributed by atoms with van der Waals surface area (Å²) in [4.78, 5) is 12.1. The maximum absolute atomic E-state index is 13.6. The van der Waals surface area contributed by atoms with E-state index in [4.69, 9.17) is 0 Å². The molecule has 21 heavy (non-hydrogen) atoms. The Bertz CT molecular complexity index is 770. The molecule has 0 saturated carbocycles. The van der Waals surface area contributed by atoms with Gasteiger partial charge in [-0.25, -0.2) is 17.1 Å². The van der Waals surface area contributed by atoms with Crippen LogP contribution < -0.4 is 0 Å². The number of rotatable bonds is 3. The molecule has 4 nitrogen and oxygen atoms in total. The minimum atomic E-state index is -4.00. The van der Waals surface area contributed by atoms with Gasteiger partial charge in [0.25, 0.3) is 15.9 Å². The highest BCUT2D eigenvalue weighted by molar-refractivity contribution is 7.89. The molecule has 0 aromatic heterocycles. The minimum Gasteiger partial charge on any atom is -0.268 e. The third kappa shape index (κ3) is 2.95. The molecule has 0 aliphatic rings. The average molecular weight is 307 g/mol. The van der Waals surface area contributed by atoms with Crippen LogP contribution >= 0.6 is 0 Å². The molecular formula is C15H14FNO3S. The van der Waals surface area contributed by atoms with Crippen molar-refractivity contribution in [2.24, 2.45) is 0 Å². The maximum Gasteiger partial charge on any atom is 0.270 e. The van der Waals surface area contributed by atoms with Gasteiger partial charge in [0.2, 0.25) is 0 Å². The Morgan fingerprint density at radius 2 is 1.62 bits per heavy atom. The number of nitrogens with zero attached hydrogens (tertiary/aromatic N) is 1. The summed E-state index contributed by atoms with van der Waals surface area (Å²) >= 11 is 0. The summed E-state index contributed by atoms with van der Waals surface area (Å²) in [5.74, 6) is -1.66. The fraction of sp³-hybridized carbons (Fsp3) is 0.133. The SMILES string of the molecule is Cc1ccc(S(=O)(=O)N(C)C(=O)c2ccccc2F)cc1. The first-order chi connectivity index (χ1) is 9.84. The molecule has 0 atom stereocenters. The first-order valence-electron chi connectivity index (χ1n) is 6.18. The molecule has 0 bridgehead atoms. The van der Waals surface area contributed by atoms with Crippen molar-refractivity contribution in [3.05, 3.63) is 65.5 Å². The Labute approximate surface area is 122 Å². The lowest BCUT2D eigenvalue weighted by Gasteiger charge is -2.18. The molecule has 2 aromatic rings. The van der Waals surface area contributed by atoms with Gasteiger partial charge >= 0.3 is 0 Å². The molecule has 0 saturated heterocycles. The maximum atomic E-state index is 13.6. The Morgan fingerprint density at radius 1 is 1.05 bits per heavy atom. The highest BCUT2D eigenvalue weighted by Crippen LogP contribution is 2.18. The normalized spacial score (nSPS) is 11.2. The highest BCUT2D eigenvalue weighted by Gasteiger charge is 2.27. The van der Waals surface area contributed by atoms with E-state index in [2.05, 4.69) is 0 Å². The number of benzene rings is 2. The number of amides is 1. The number of hydrogen-bond acceptors (Lipinski definition) is 3. The second kappa shape index (κ2) is 5.65. The van der Waals surface area contributed by atoms with Gasteiger partial charge in [-0.05, 0) is 31.2 Å². The van der Waals surface area contributed by atoms with Crippen LogP contribution in [0.2, 0.25) is 0 Å². The van der Waals surface area contributed by atoms with E-state index in [1.807, 2.05) is 6.92 Å². The van der Waals surface area contributed by atoms with Crippen LogP contribution in [-0.2, 0) is 10.0 Å². The van der Waals surface area contributed by atoms with Crippen LogP contribution in [0.5, 0.6) is 0 Å². The van der Waals surface area contributed by atoms with Crippen molar-refractivity contribution >= 4 is 15.9 Å². The zero-order valence-corrected chi connectivity index (χ0v) is 12.4. The first-order valence-corrected chi connectivity index (χ1v) is 7.62. The largest absolute Gasteiger partial charge is 0.270 e. The van der Waals surface area contributed by atoms with Gasteiger partial charge in [-0.1, -0.05) is 29.8 Å². The molecule has 0 radical (unpaired) electrons. The summed E-state index contributed by atoms with van der Waals surface area (Å²) in [7, 11) is -2.89. The Balaban J connectivity index is 2.39. The van der Waals surface area contributed by atoms with Gasteiger partial charge in [0.1, 0.15) is 5.82 Å². The Morgan fingerprint density at radius 3 is 2.19 bits per heavy atom. The molecule has 0 spiro atoms.